The largest absolute Gasteiger partial charge is 0.497 e. The van der Waals surface area contributed by atoms with Crippen LogP contribution in [0.2, 0.25) is 36.3 Å². The molecule has 0 heterocycles. The van der Waals surface area contributed by atoms with E-state index in [1.807, 2.05) is 6.07 Å². The number of methoxy groups -OCH3 is 2. The van der Waals surface area contributed by atoms with Crippen LogP contribution in [0.4, 0.5) is 8.78 Å². The lowest BCUT2D eigenvalue weighted by molar-refractivity contribution is 0.199. The molecule has 0 spiro atoms. The van der Waals surface area contributed by atoms with Crippen molar-refractivity contribution in [2.24, 2.45) is 10.8 Å². The number of benzene rings is 4. The number of halogens is 2. The summed E-state index contributed by atoms with van der Waals surface area (Å²) in [7, 11) is -0.466. The van der Waals surface area contributed by atoms with E-state index in [0.29, 0.717) is 41.8 Å². The number of hydrogen-bond acceptors (Lipinski definition) is 4. The Hall–Kier alpha value is -3.57. The van der Waals surface area contributed by atoms with E-state index in [4.69, 9.17) is 18.3 Å². The Morgan fingerprint density at radius 2 is 1.08 bits per heavy atom. The Balaban J connectivity index is 0.000000241. The van der Waals surface area contributed by atoms with Crippen molar-refractivity contribution in [3.63, 3.8) is 0 Å². The van der Waals surface area contributed by atoms with Crippen molar-refractivity contribution in [3.8, 4) is 33.8 Å². The molecule has 0 N–H and O–H groups in total. The van der Waals surface area contributed by atoms with Gasteiger partial charge in [0.2, 0.25) is 0 Å². The molecular formula is C56H80F2O4Si2. The monoisotopic (exact) mass is 911 g/mol. The summed E-state index contributed by atoms with van der Waals surface area (Å²) in [6, 6.07) is 22.9. The summed E-state index contributed by atoms with van der Waals surface area (Å²) >= 11 is 0. The third-order valence-corrected chi connectivity index (χ3v) is 24.2. The van der Waals surface area contributed by atoms with Crippen molar-refractivity contribution >= 4 is 22.2 Å². The number of rotatable bonds is 12. The van der Waals surface area contributed by atoms with Gasteiger partial charge in [0, 0.05) is 11.1 Å². The van der Waals surface area contributed by atoms with E-state index >= 15 is 0 Å². The van der Waals surface area contributed by atoms with Crippen LogP contribution in [0.3, 0.4) is 0 Å². The molecule has 0 radical (unpaired) electrons. The first-order chi connectivity index (χ1) is 29.7. The van der Waals surface area contributed by atoms with Gasteiger partial charge >= 0.3 is 0 Å². The van der Waals surface area contributed by atoms with E-state index in [2.05, 4.69) is 138 Å². The first-order valence-corrected chi connectivity index (χ1v) is 29.5. The van der Waals surface area contributed by atoms with Gasteiger partial charge in [0.25, 0.3) is 0 Å². The van der Waals surface area contributed by atoms with E-state index in [1.54, 1.807) is 32.4 Å². The Kier molecular flexibility index (Phi) is 16.2. The van der Waals surface area contributed by atoms with Crippen molar-refractivity contribution in [3.05, 3.63) is 113 Å². The molecule has 0 bridgehead atoms. The van der Waals surface area contributed by atoms with Gasteiger partial charge in [-0.15, -0.1) is 0 Å². The maximum absolute atomic E-state index is 15.0. The second-order valence-corrected chi connectivity index (χ2v) is 32.4. The first kappa shape index (κ1) is 51.4. The molecule has 0 saturated heterocycles. The molecule has 64 heavy (non-hydrogen) atoms. The summed E-state index contributed by atoms with van der Waals surface area (Å²) in [5.41, 5.74) is 9.30. The van der Waals surface area contributed by atoms with Crippen LogP contribution in [0.25, 0.3) is 27.8 Å². The third kappa shape index (κ3) is 12.1. The van der Waals surface area contributed by atoms with Crippen LogP contribution in [0.5, 0.6) is 11.5 Å². The molecule has 2 aliphatic carbocycles. The van der Waals surface area contributed by atoms with E-state index in [0.717, 1.165) is 41.5 Å². The molecule has 8 heteroatoms. The first-order valence-electron chi connectivity index (χ1n) is 23.6. The molecule has 1 saturated carbocycles. The minimum absolute atomic E-state index is 0.0429. The number of ether oxygens (including phenoxy) is 2. The topological polar surface area (TPSA) is 36.9 Å². The normalized spacial score (nSPS) is 17.8. The van der Waals surface area contributed by atoms with Crippen molar-refractivity contribution < 1.29 is 27.1 Å². The Morgan fingerprint density at radius 3 is 1.56 bits per heavy atom. The maximum atomic E-state index is 15.0. The van der Waals surface area contributed by atoms with Crippen LogP contribution in [0, 0.1) is 22.5 Å². The summed E-state index contributed by atoms with van der Waals surface area (Å²) in [4.78, 5) is 0. The Bertz CT molecular complexity index is 2260. The molecule has 4 aromatic carbocycles. The molecule has 1 fully saturated rings. The molecule has 0 aliphatic heterocycles. The highest BCUT2D eigenvalue weighted by atomic mass is 28.4. The van der Waals surface area contributed by atoms with Crippen LogP contribution in [-0.4, -0.2) is 30.9 Å². The van der Waals surface area contributed by atoms with Crippen molar-refractivity contribution in [2.45, 2.75) is 170 Å². The van der Waals surface area contributed by atoms with Gasteiger partial charge in [-0.2, -0.15) is 0 Å². The third-order valence-electron chi connectivity index (χ3n) is 15.2. The van der Waals surface area contributed by atoms with Crippen LogP contribution < -0.4 is 9.47 Å². The van der Waals surface area contributed by atoms with Crippen LogP contribution in [0.15, 0.2) is 78.9 Å². The lowest BCUT2D eigenvalue weighted by Gasteiger charge is -2.40. The average Bonchev–Trinajstić information content (AvgIpc) is 3.22. The fourth-order valence-electron chi connectivity index (χ4n) is 8.76. The zero-order valence-corrected chi connectivity index (χ0v) is 44.3. The van der Waals surface area contributed by atoms with Crippen molar-refractivity contribution in [1.29, 1.82) is 0 Å². The quantitative estimate of drug-likeness (QED) is 0.133. The lowest BCUT2D eigenvalue weighted by Crippen LogP contribution is -2.40. The van der Waals surface area contributed by atoms with Crippen molar-refractivity contribution in [2.75, 3.05) is 14.2 Å². The summed E-state index contributed by atoms with van der Waals surface area (Å²) in [6.45, 7) is 33.2. The molecule has 2 aliphatic rings. The summed E-state index contributed by atoms with van der Waals surface area (Å²) in [6.07, 6.45) is 10.5. The minimum Gasteiger partial charge on any atom is -0.497 e. The van der Waals surface area contributed by atoms with Gasteiger partial charge in [0.1, 0.15) is 23.1 Å². The fourth-order valence-corrected chi connectivity index (χ4v) is 10.7. The highest BCUT2D eigenvalue weighted by molar-refractivity contribution is 6.74. The average molecular weight is 911 g/mol. The molecule has 1 unspecified atom stereocenters. The van der Waals surface area contributed by atoms with Crippen LogP contribution >= 0.6 is 0 Å². The predicted octanol–water partition coefficient (Wildman–Crippen LogP) is 17.3. The molecule has 4 aromatic rings. The SMILES string of the molecule is COc1ccc(F)c(-c2ccc(CO[Si](C)(C)C(C)(C)C)cc2C2=CCCCC2(C)C)c1.COc1ccc(F)c(-c2ccc(CO[Si](C)(C)C(C)(C)C)cc2C2CCCCC2(C)C)c1. The number of hydrogen-bond donors (Lipinski definition) is 0. The highest BCUT2D eigenvalue weighted by Gasteiger charge is 2.39. The van der Waals surface area contributed by atoms with Gasteiger partial charge in [-0.3, -0.25) is 0 Å². The minimum atomic E-state index is -1.86. The molecule has 4 nitrogen and oxygen atoms in total. The van der Waals surface area contributed by atoms with Gasteiger partial charge < -0.3 is 18.3 Å². The van der Waals surface area contributed by atoms with E-state index in [1.165, 1.54) is 54.5 Å². The number of allylic oxidation sites excluding steroid dienone is 2. The van der Waals surface area contributed by atoms with Gasteiger partial charge in [0.15, 0.2) is 16.6 Å². The van der Waals surface area contributed by atoms with E-state index < -0.39 is 16.6 Å². The molecule has 1 atom stereocenters. The molecule has 6 rings (SSSR count). The maximum Gasteiger partial charge on any atom is 0.192 e. The van der Waals surface area contributed by atoms with Gasteiger partial charge in [0.05, 0.1) is 27.4 Å². The Labute approximate surface area is 388 Å². The predicted molar refractivity (Wildman–Crippen MR) is 271 cm³/mol. The van der Waals surface area contributed by atoms with Crippen LogP contribution in [0.1, 0.15) is 142 Å². The molecule has 350 valence electrons. The smallest absolute Gasteiger partial charge is 0.192 e. The highest BCUT2D eigenvalue weighted by Crippen LogP contribution is 2.51. The van der Waals surface area contributed by atoms with E-state index in [9.17, 15) is 8.78 Å². The summed E-state index contributed by atoms with van der Waals surface area (Å²) < 4.78 is 53.8. The second kappa shape index (κ2) is 20.1. The lowest BCUT2D eigenvalue weighted by atomic mass is 9.65. The molecule has 0 amide bonds. The van der Waals surface area contributed by atoms with E-state index in [-0.39, 0.29) is 32.5 Å². The second-order valence-electron chi connectivity index (χ2n) is 22.8. The standard InChI is InChI=1S/C28H41FO2Si.C28H39FO2Si/c2*1-27(2,3)32(7,8)31-19-20-12-14-22(24-18-21(30-6)13-15-26(24)29)23(17-20)25-11-9-10-16-28(25,4)5/h12-15,17-18,25H,9-11,16,19H2,1-8H3;11-15,17-18H,9-10,16,19H2,1-8H3. The van der Waals surface area contributed by atoms with Gasteiger partial charge in [-0.25, -0.2) is 8.78 Å². The van der Waals surface area contributed by atoms with Gasteiger partial charge in [-0.05, 0) is 167 Å². The molecular weight excluding hydrogens is 831 g/mol. The van der Waals surface area contributed by atoms with Gasteiger partial charge in [-0.1, -0.05) is 118 Å². The summed E-state index contributed by atoms with van der Waals surface area (Å²) in [5, 5.41) is 0.332. The summed E-state index contributed by atoms with van der Waals surface area (Å²) in [5.74, 6) is 1.30. The fraction of sp³-hybridized carbons (Fsp3) is 0.536. The Morgan fingerprint density at radius 1 is 0.578 bits per heavy atom. The molecule has 0 aromatic heterocycles. The zero-order valence-electron chi connectivity index (χ0n) is 42.3. The zero-order chi connectivity index (χ0) is 47.5. The van der Waals surface area contributed by atoms with Crippen LogP contribution in [-0.2, 0) is 22.1 Å². The van der Waals surface area contributed by atoms with Crippen molar-refractivity contribution in [1.82, 2.24) is 0 Å².